The van der Waals surface area contributed by atoms with Crippen molar-refractivity contribution < 1.29 is 0 Å². The van der Waals surface area contributed by atoms with Gasteiger partial charge < -0.3 is 4.98 Å². The molecule has 5 aromatic heterocycles. The van der Waals surface area contributed by atoms with Crippen molar-refractivity contribution in [3.05, 3.63) is 85.2 Å². The van der Waals surface area contributed by atoms with Crippen molar-refractivity contribution in [1.29, 1.82) is 0 Å². The molecule has 0 unspecified atom stereocenters. The van der Waals surface area contributed by atoms with E-state index in [4.69, 9.17) is 4.98 Å². The zero-order chi connectivity index (χ0) is 19.9. The molecular formula is C24H16N6. The minimum Gasteiger partial charge on any atom is -0.353 e. The molecule has 0 radical (unpaired) electrons. The van der Waals surface area contributed by atoms with E-state index < -0.39 is 0 Å². The Hall–Kier alpha value is -4.32. The molecule has 0 spiro atoms. The van der Waals surface area contributed by atoms with Crippen LogP contribution in [0.15, 0.2) is 85.2 Å². The second-order valence-corrected chi connectivity index (χ2v) is 7.04. The summed E-state index contributed by atoms with van der Waals surface area (Å²) in [6, 6.07) is 24.0. The van der Waals surface area contributed by atoms with E-state index in [2.05, 4.69) is 43.3 Å². The van der Waals surface area contributed by atoms with Gasteiger partial charge in [-0.3, -0.25) is 15.1 Å². The Morgan fingerprint density at radius 3 is 2.30 bits per heavy atom. The van der Waals surface area contributed by atoms with Crippen LogP contribution in [0.3, 0.4) is 0 Å². The lowest BCUT2D eigenvalue weighted by Gasteiger charge is -2.01. The van der Waals surface area contributed by atoms with Crippen molar-refractivity contribution in [2.45, 2.75) is 0 Å². The maximum Gasteiger partial charge on any atom is 0.135 e. The summed E-state index contributed by atoms with van der Waals surface area (Å²) in [6.07, 6.45) is 3.58. The highest BCUT2D eigenvalue weighted by atomic mass is 15.1. The second kappa shape index (κ2) is 6.63. The molecule has 0 aliphatic carbocycles. The molecule has 0 bridgehead atoms. The number of hydrogen-bond acceptors (Lipinski definition) is 4. The average Bonchev–Trinajstić information content (AvgIpc) is 3.43. The van der Waals surface area contributed by atoms with E-state index in [9.17, 15) is 0 Å². The smallest absolute Gasteiger partial charge is 0.135 e. The van der Waals surface area contributed by atoms with Gasteiger partial charge in [0.05, 0.1) is 28.3 Å². The standard InChI is InChI=1S/C24H16N6/c1-3-12-25-17(7-1)15-6-5-9-18-16(15)14-22(27-18)24-23-21(29-30-24)11-10-20(28-23)19-8-2-4-13-26-19/h1-14,27H,(H,29,30). The number of pyridine rings is 3. The van der Waals surface area contributed by atoms with Crippen LogP contribution in [-0.2, 0) is 0 Å². The predicted molar refractivity (Wildman–Crippen MR) is 118 cm³/mol. The zero-order valence-electron chi connectivity index (χ0n) is 15.9. The van der Waals surface area contributed by atoms with Gasteiger partial charge in [0.2, 0.25) is 0 Å². The van der Waals surface area contributed by atoms with Gasteiger partial charge in [-0.25, -0.2) is 4.98 Å². The topological polar surface area (TPSA) is 83.1 Å². The molecule has 1 aromatic carbocycles. The Balaban J connectivity index is 1.52. The lowest BCUT2D eigenvalue weighted by molar-refractivity contribution is 1.12. The average molecular weight is 388 g/mol. The van der Waals surface area contributed by atoms with Gasteiger partial charge in [0, 0.05) is 28.9 Å². The van der Waals surface area contributed by atoms with Gasteiger partial charge in [-0.15, -0.1) is 0 Å². The van der Waals surface area contributed by atoms with Gasteiger partial charge >= 0.3 is 0 Å². The van der Waals surface area contributed by atoms with E-state index in [1.165, 1.54) is 0 Å². The second-order valence-electron chi connectivity index (χ2n) is 7.04. The Morgan fingerprint density at radius 2 is 1.50 bits per heavy atom. The lowest BCUT2D eigenvalue weighted by atomic mass is 10.1. The molecular weight excluding hydrogens is 372 g/mol. The summed E-state index contributed by atoms with van der Waals surface area (Å²) in [7, 11) is 0. The van der Waals surface area contributed by atoms with Crippen molar-refractivity contribution in [2.24, 2.45) is 0 Å². The Labute approximate surface area is 171 Å². The molecule has 0 saturated carbocycles. The molecule has 0 fully saturated rings. The summed E-state index contributed by atoms with van der Waals surface area (Å²) >= 11 is 0. The van der Waals surface area contributed by atoms with E-state index in [0.29, 0.717) is 0 Å². The third-order valence-corrected chi connectivity index (χ3v) is 5.20. The third-order valence-electron chi connectivity index (χ3n) is 5.20. The first-order chi connectivity index (χ1) is 14.9. The van der Waals surface area contributed by atoms with Gasteiger partial charge in [-0.1, -0.05) is 24.3 Å². The Morgan fingerprint density at radius 1 is 0.667 bits per heavy atom. The molecule has 6 heteroatoms. The van der Waals surface area contributed by atoms with Crippen LogP contribution in [0.2, 0.25) is 0 Å². The number of fused-ring (bicyclic) bond motifs is 2. The molecule has 142 valence electrons. The van der Waals surface area contributed by atoms with Crippen LogP contribution < -0.4 is 0 Å². The monoisotopic (exact) mass is 388 g/mol. The third kappa shape index (κ3) is 2.66. The first-order valence-corrected chi connectivity index (χ1v) is 9.67. The van der Waals surface area contributed by atoms with Crippen LogP contribution in [0.25, 0.3) is 56.0 Å². The molecule has 30 heavy (non-hydrogen) atoms. The van der Waals surface area contributed by atoms with Crippen molar-refractivity contribution in [3.63, 3.8) is 0 Å². The minimum atomic E-state index is 0.783. The SMILES string of the molecule is c1ccc(-c2ccc3[nH]nc(-c4cc5c(-c6ccccn6)cccc5[nH]4)c3n2)nc1. The largest absolute Gasteiger partial charge is 0.353 e. The van der Waals surface area contributed by atoms with E-state index in [1.807, 2.05) is 60.8 Å². The number of benzene rings is 1. The molecule has 6 rings (SSSR count). The number of aromatic amines is 2. The van der Waals surface area contributed by atoms with Gasteiger partial charge in [-0.05, 0) is 48.5 Å². The highest BCUT2D eigenvalue weighted by molar-refractivity contribution is 6.00. The molecule has 0 amide bonds. The van der Waals surface area contributed by atoms with Gasteiger partial charge in [0.1, 0.15) is 11.2 Å². The van der Waals surface area contributed by atoms with E-state index in [1.54, 1.807) is 6.20 Å². The van der Waals surface area contributed by atoms with Gasteiger partial charge in [-0.2, -0.15) is 5.10 Å². The Bertz CT molecular complexity index is 1480. The molecule has 6 aromatic rings. The van der Waals surface area contributed by atoms with Crippen LogP contribution in [0.1, 0.15) is 0 Å². The molecule has 6 nitrogen and oxygen atoms in total. The highest BCUT2D eigenvalue weighted by Crippen LogP contribution is 2.33. The quantitative estimate of drug-likeness (QED) is 0.435. The first kappa shape index (κ1) is 16.6. The first-order valence-electron chi connectivity index (χ1n) is 9.67. The van der Waals surface area contributed by atoms with Crippen molar-refractivity contribution in [2.75, 3.05) is 0 Å². The van der Waals surface area contributed by atoms with Crippen LogP contribution in [0, 0.1) is 0 Å². The zero-order valence-corrected chi connectivity index (χ0v) is 15.9. The maximum absolute atomic E-state index is 4.84. The van der Waals surface area contributed by atoms with Crippen LogP contribution in [-0.4, -0.2) is 30.1 Å². The lowest BCUT2D eigenvalue weighted by Crippen LogP contribution is -1.87. The fraction of sp³-hybridized carbons (Fsp3) is 0. The van der Waals surface area contributed by atoms with Crippen molar-refractivity contribution >= 4 is 21.9 Å². The summed E-state index contributed by atoms with van der Waals surface area (Å²) in [6.45, 7) is 0. The Kier molecular flexibility index (Phi) is 3.67. The molecule has 0 atom stereocenters. The highest BCUT2D eigenvalue weighted by Gasteiger charge is 2.15. The summed E-state index contributed by atoms with van der Waals surface area (Å²) in [4.78, 5) is 17.3. The van der Waals surface area contributed by atoms with Crippen molar-refractivity contribution in [1.82, 2.24) is 30.1 Å². The molecule has 5 heterocycles. The molecule has 2 N–H and O–H groups in total. The summed E-state index contributed by atoms with van der Waals surface area (Å²) in [5.41, 5.74) is 8.09. The van der Waals surface area contributed by atoms with Crippen LogP contribution in [0.5, 0.6) is 0 Å². The fourth-order valence-electron chi connectivity index (χ4n) is 3.77. The molecule has 0 aliphatic rings. The van der Waals surface area contributed by atoms with E-state index >= 15 is 0 Å². The van der Waals surface area contributed by atoms with E-state index in [-0.39, 0.29) is 0 Å². The van der Waals surface area contributed by atoms with Crippen LogP contribution in [0.4, 0.5) is 0 Å². The number of H-pyrrole nitrogens is 2. The number of aromatic nitrogens is 6. The van der Waals surface area contributed by atoms with Crippen molar-refractivity contribution in [3.8, 4) is 34.0 Å². The van der Waals surface area contributed by atoms with Gasteiger partial charge in [0.15, 0.2) is 0 Å². The van der Waals surface area contributed by atoms with Crippen LogP contribution >= 0.6 is 0 Å². The summed E-state index contributed by atoms with van der Waals surface area (Å²) < 4.78 is 0. The normalized spacial score (nSPS) is 11.3. The molecule has 0 aliphatic heterocycles. The summed E-state index contributed by atoms with van der Waals surface area (Å²) in [5, 5.41) is 8.73. The van der Waals surface area contributed by atoms with E-state index in [0.717, 1.165) is 56.0 Å². The minimum absolute atomic E-state index is 0.783. The number of rotatable bonds is 3. The fourth-order valence-corrected chi connectivity index (χ4v) is 3.77. The van der Waals surface area contributed by atoms with Gasteiger partial charge in [0.25, 0.3) is 0 Å². The number of nitrogens with zero attached hydrogens (tertiary/aromatic N) is 4. The predicted octanol–water partition coefficient (Wildman–Crippen LogP) is 5.23. The number of nitrogens with one attached hydrogen (secondary N) is 2. The summed E-state index contributed by atoms with van der Waals surface area (Å²) in [5.74, 6) is 0. The maximum atomic E-state index is 4.84. The molecule has 0 saturated heterocycles. The number of hydrogen-bond donors (Lipinski definition) is 2.